The number of halogens is 3. The molecule has 2 aliphatic carbocycles. The van der Waals surface area contributed by atoms with Crippen molar-refractivity contribution in [1.82, 2.24) is 5.32 Å². The molecule has 3 aromatic rings. The molecule has 2 fully saturated rings. The Bertz CT molecular complexity index is 1440. The SMILES string of the molecule is CC(C)C.O=C(Nc1ccccc1)[C@@H]1NC2(CCCCC2)[C@@]2(C(=O)Cc3cc(Cl)ccc32)[C@H]1c1cccc(Cl)c1F. The summed E-state index contributed by atoms with van der Waals surface area (Å²) in [5.74, 6) is -0.843. The van der Waals surface area contributed by atoms with Gasteiger partial charge in [0.2, 0.25) is 5.91 Å². The van der Waals surface area contributed by atoms with Gasteiger partial charge in [0.05, 0.1) is 16.5 Å². The number of hydrogen-bond donors (Lipinski definition) is 2. The molecular weight excluding hydrogens is 558 g/mol. The highest BCUT2D eigenvalue weighted by atomic mass is 35.5. The Morgan fingerprint density at radius 1 is 0.976 bits per heavy atom. The van der Waals surface area contributed by atoms with Gasteiger partial charge >= 0.3 is 0 Å². The van der Waals surface area contributed by atoms with E-state index in [9.17, 15) is 9.59 Å². The first-order valence-electron chi connectivity index (χ1n) is 14.5. The van der Waals surface area contributed by atoms with Crippen LogP contribution in [0.15, 0.2) is 66.7 Å². The summed E-state index contributed by atoms with van der Waals surface area (Å²) < 4.78 is 15.9. The number of benzene rings is 3. The van der Waals surface area contributed by atoms with E-state index in [0.29, 0.717) is 23.6 Å². The Morgan fingerprint density at radius 3 is 2.34 bits per heavy atom. The average Bonchev–Trinajstić information content (AvgIpc) is 3.38. The van der Waals surface area contributed by atoms with Crippen molar-refractivity contribution in [3.05, 3.63) is 99.3 Å². The number of fused-ring (bicyclic) bond motifs is 3. The predicted molar refractivity (Wildman–Crippen MR) is 164 cm³/mol. The normalized spacial score (nSPS) is 24.3. The molecule has 41 heavy (non-hydrogen) atoms. The van der Waals surface area contributed by atoms with E-state index in [-0.39, 0.29) is 28.7 Å². The number of ketones is 1. The van der Waals surface area contributed by atoms with Crippen molar-refractivity contribution in [3.63, 3.8) is 0 Å². The standard InChI is InChI=1S/C30H27Cl2FN2O2.C4H10/c31-19-12-13-22-18(16-19)17-24(36)30(22)25(21-10-7-11-23(32)26(21)33)27(35-29(30)14-5-2-6-15-29)28(37)34-20-8-3-1-4-9-20;1-4(2)3/h1,3-4,7-13,16,25,27,35H,2,5-6,14-15,17H2,(H,34,37);4H,1-3H3/t25-,27+,30-;/m0./s1. The van der Waals surface area contributed by atoms with E-state index in [2.05, 4.69) is 31.4 Å². The third kappa shape index (κ3) is 5.22. The minimum absolute atomic E-state index is 0.00134. The summed E-state index contributed by atoms with van der Waals surface area (Å²) in [5, 5.41) is 7.19. The molecule has 3 aliphatic rings. The molecule has 7 heteroatoms. The van der Waals surface area contributed by atoms with Crippen LogP contribution in [0.3, 0.4) is 0 Å². The summed E-state index contributed by atoms with van der Waals surface area (Å²) in [5.41, 5.74) is 0.795. The zero-order chi connectivity index (χ0) is 29.4. The number of carbonyl (C=O) groups excluding carboxylic acids is 2. The van der Waals surface area contributed by atoms with E-state index in [1.807, 2.05) is 42.5 Å². The average molecular weight is 596 g/mol. The molecule has 3 aromatic carbocycles. The maximum absolute atomic E-state index is 15.9. The van der Waals surface area contributed by atoms with Gasteiger partial charge in [-0.25, -0.2) is 4.39 Å². The van der Waals surface area contributed by atoms with E-state index < -0.39 is 28.7 Å². The Hall–Kier alpha value is -2.73. The summed E-state index contributed by atoms with van der Waals surface area (Å²) in [6.07, 6.45) is 4.53. The van der Waals surface area contributed by atoms with Crippen molar-refractivity contribution < 1.29 is 14.0 Å². The summed E-state index contributed by atoms with van der Waals surface area (Å²) in [6, 6.07) is 18.7. The fraction of sp³-hybridized carbons (Fsp3) is 0.412. The highest BCUT2D eigenvalue weighted by Gasteiger charge is 2.71. The van der Waals surface area contributed by atoms with Crippen LogP contribution in [0.1, 0.15) is 75.5 Å². The highest BCUT2D eigenvalue weighted by Crippen LogP contribution is 2.62. The van der Waals surface area contributed by atoms with Gasteiger partial charge in [0.25, 0.3) is 0 Å². The second-order valence-electron chi connectivity index (χ2n) is 12.2. The van der Waals surface area contributed by atoms with E-state index in [1.54, 1.807) is 18.2 Å². The van der Waals surface area contributed by atoms with E-state index in [4.69, 9.17) is 23.2 Å². The van der Waals surface area contributed by atoms with Crippen molar-refractivity contribution in [2.45, 2.75) is 82.2 Å². The molecule has 3 atom stereocenters. The van der Waals surface area contributed by atoms with Crippen LogP contribution in [0.25, 0.3) is 0 Å². The zero-order valence-corrected chi connectivity index (χ0v) is 25.3. The molecule has 0 bridgehead atoms. The van der Waals surface area contributed by atoms with Crippen molar-refractivity contribution >= 4 is 40.6 Å². The second kappa shape index (κ2) is 11.9. The van der Waals surface area contributed by atoms with Gasteiger partial charge in [-0.05, 0) is 65.8 Å². The molecule has 1 saturated carbocycles. The van der Waals surface area contributed by atoms with Crippen LogP contribution in [0.2, 0.25) is 10.0 Å². The number of hydrogen-bond acceptors (Lipinski definition) is 3. The van der Waals surface area contributed by atoms with E-state index in [1.165, 1.54) is 6.07 Å². The third-order valence-corrected chi connectivity index (χ3v) is 9.14. The molecule has 0 unspecified atom stereocenters. The molecule has 216 valence electrons. The lowest BCUT2D eigenvalue weighted by Gasteiger charge is -2.48. The summed E-state index contributed by atoms with van der Waals surface area (Å²) >= 11 is 12.6. The molecule has 0 radical (unpaired) electrons. The zero-order valence-electron chi connectivity index (χ0n) is 23.8. The highest BCUT2D eigenvalue weighted by molar-refractivity contribution is 6.31. The summed E-state index contributed by atoms with van der Waals surface area (Å²) in [6.45, 7) is 6.50. The van der Waals surface area contributed by atoms with Gasteiger partial charge in [0.15, 0.2) is 0 Å². The molecular formula is C34H37Cl2FN2O2. The molecule has 0 aromatic heterocycles. The van der Waals surface area contributed by atoms with Gasteiger partial charge in [0.1, 0.15) is 11.6 Å². The molecule has 1 aliphatic heterocycles. The van der Waals surface area contributed by atoms with Gasteiger partial charge in [-0.15, -0.1) is 0 Å². The molecule has 4 nitrogen and oxygen atoms in total. The molecule has 1 amide bonds. The maximum atomic E-state index is 15.9. The lowest BCUT2D eigenvalue weighted by molar-refractivity contribution is -0.126. The van der Waals surface area contributed by atoms with Crippen LogP contribution in [-0.2, 0) is 21.4 Å². The molecule has 2 spiro atoms. The van der Waals surface area contributed by atoms with Gasteiger partial charge in [-0.2, -0.15) is 0 Å². The third-order valence-electron chi connectivity index (χ3n) is 8.62. The van der Waals surface area contributed by atoms with Crippen LogP contribution >= 0.6 is 23.2 Å². The van der Waals surface area contributed by atoms with Crippen molar-refractivity contribution in [3.8, 4) is 0 Å². The minimum Gasteiger partial charge on any atom is -0.325 e. The molecule has 6 rings (SSSR count). The predicted octanol–water partition coefficient (Wildman–Crippen LogP) is 8.26. The van der Waals surface area contributed by atoms with Crippen LogP contribution in [0.5, 0.6) is 0 Å². The van der Waals surface area contributed by atoms with Gasteiger partial charge < -0.3 is 5.32 Å². The maximum Gasteiger partial charge on any atom is 0.242 e. The topological polar surface area (TPSA) is 58.2 Å². The minimum atomic E-state index is -1.13. The first-order chi connectivity index (χ1) is 19.6. The Balaban J connectivity index is 0.000000794. The number of rotatable bonds is 3. The van der Waals surface area contributed by atoms with Gasteiger partial charge in [0, 0.05) is 28.6 Å². The number of carbonyl (C=O) groups is 2. The quantitative estimate of drug-likeness (QED) is 0.321. The molecule has 1 saturated heterocycles. The van der Waals surface area contributed by atoms with E-state index >= 15 is 4.39 Å². The second-order valence-corrected chi connectivity index (χ2v) is 13.0. The van der Waals surface area contributed by atoms with E-state index in [0.717, 1.165) is 36.3 Å². The summed E-state index contributed by atoms with van der Waals surface area (Å²) in [4.78, 5) is 28.3. The fourth-order valence-corrected chi connectivity index (χ4v) is 7.67. The molecule has 1 heterocycles. The Morgan fingerprint density at radius 2 is 1.66 bits per heavy atom. The Kier molecular flexibility index (Phi) is 8.61. The first-order valence-corrected chi connectivity index (χ1v) is 15.3. The monoisotopic (exact) mass is 594 g/mol. The number of Topliss-reactive ketones (excluding diaryl/α,β-unsaturated/α-hetero) is 1. The fourth-order valence-electron chi connectivity index (χ4n) is 7.29. The van der Waals surface area contributed by atoms with Crippen molar-refractivity contribution in [1.29, 1.82) is 0 Å². The van der Waals surface area contributed by atoms with Gasteiger partial charge in [-0.3, -0.25) is 14.9 Å². The van der Waals surface area contributed by atoms with Crippen molar-refractivity contribution in [2.75, 3.05) is 5.32 Å². The number of nitrogens with one attached hydrogen (secondary N) is 2. The van der Waals surface area contributed by atoms with Crippen LogP contribution in [0.4, 0.5) is 10.1 Å². The number of anilines is 1. The first kappa shape index (κ1) is 29.8. The molecule has 2 N–H and O–H groups in total. The van der Waals surface area contributed by atoms with Crippen LogP contribution in [-0.4, -0.2) is 23.3 Å². The number of para-hydroxylation sites is 1. The lowest BCUT2D eigenvalue weighted by atomic mass is 9.55. The lowest BCUT2D eigenvalue weighted by Crippen LogP contribution is -2.59. The smallest absolute Gasteiger partial charge is 0.242 e. The summed E-state index contributed by atoms with van der Waals surface area (Å²) in [7, 11) is 0. The van der Waals surface area contributed by atoms with Gasteiger partial charge in [-0.1, -0.05) is 99.6 Å². The number of amides is 1. The van der Waals surface area contributed by atoms with Crippen molar-refractivity contribution in [2.24, 2.45) is 5.92 Å². The van der Waals surface area contributed by atoms with Crippen LogP contribution < -0.4 is 10.6 Å². The Labute approximate surface area is 252 Å². The van der Waals surface area contributed by atoms with Crippen LogP contribution in [0, 0.1) is 11.7 Å². The largest absolute Gasteiger partial charge is 0.325 e.